The van der Waals surface area contributed by atoms with Gasteiger partial charge < -0.3 is 28.8 Å². The number of carbonyl (C=O) groups excluding carboxylic acids is 1. The van der Waals surface area contributed by atoms with Crippen LogP contribution in [0, 0.1) is 0 Å². The van der Waals surface area contributed by atoms with Crippen molar-refractivity contribution in [1.29, 1.82) is 0 Å². The number of aldehydes is 1. The lowest BCUT2D eigenvalue weighted by Crippen LogP contribution is -2.69. The topological polar surface area (TPSA) is 83.5 Å². The molecule has 0 radical (unpaired) electrons. The number of hydrogen-bond acceptors (Lipinski definition) is 7. The molecule has 48 heavy (non-hydrogen) atoms. The number of aliphatic hydroxyl groups is 1. The molecule has 0 unspecified atom stereocenters. The minimum Gasteiger partial charge on any atom is -0.377 e. The maximum Gasteiger partial charge on any atom is 0.186 e. The molecule has 1 heterocycles. The third-order valence-corrected chi connectivity index (χ3v) is 8.81. The normalized spacial score (nSPS) is 22.6. The minimum atomic E-state index is -2.17. The Hall–Kier alpha value is -4.47. The molecule has 5 atom stereocenters. The van der Waals surface area contributed by atoms with E-state index in [1.807, 2.05) is 152 Å². The van der Waals surface area contributed by atoms with E-state index in [-0.39, 0.29) is 19.8 Å². The SMILES string of the molecule is CO[C@H]1O[C@H](COC(c2ccccc2)(c2ccccc2)c2ccccc2)[C@@](O)(C=O)[C@H](OCc2ccccc2)[C@H]1OCc1ccccc1. The highest BCUT2D eigenvalue weighted by molar-refractivity contribution is 5.65. The van der Waals surface area contributed by atoms with Gasteiger partial charge in [-0.1, -0.05) is 152 Å². The second-order valence-corrected chi connectivity index (χ2v) is 11.8. The van der Waals surface area contributed by atoms with Gasteiger partial charge in [-0.2, -0.15) is 0 Å². The highest BCUT2D eigenvalue weighted by atomic mass is 16.7. The van der Waals surface area contributed by atoms with Gasteiger partial charge in [-0.05, 0) is 27.8 Å². The summed E-state index contributed by atoms with van der Waals surface area (Å²) >= 11 is 0. The van der Waals surface area contributed by atoms with Gasteiger partial charge in [0.05, 0.1) is 19.8 Å². The Morgan fingerprint density at radius 1 is 0.667 bits per heavy atom. The smallest absolute Gasteiger partial charge is 0.186 e. The van der Waals surface area contributed by atoms with Gasteiger partial charge in [0.2, 0.25) is 0 Å². The van der Waals surface area contributed by atoms with E-state index in [0.29, 0.717) is 6.29 Å². The van der Waals surface area contributed by atoms with Crippen molar-refractivity contribution in [3.05, 3.63) is 179 Å². The maximum absolute atomic E-state index is 13.1. The van der Waals surface area contributed by atoms with Gasteiger partial charge in [0.1, 0.15) is 23.9 Å². The van der Waals surface area contributed by atoms with E-state index in [1.165, 1.54) is 7.11 Å². The first-order chi connectivity index (χ1) is 23.6. The first-order valence-corrected chi connectivity index (χ1v) is 16.1. The first kappa shape index (κ1) is 33.4. The fourth-order valence-corrected chi connectivity index (χ4v) is 6.33. The standard InChI is InChI=1S/C41H40O7/c1-44-39-37(45-27-31-17-7-2-8-18-31)38(46-28-32-19-9-3-10-20-32)40(43,30-42)36(48-39)29-47-41(33-21-11-4-12-22-33,34-23-13-5-14-24-34)35-25-15-6-16-26-35/h2-26,30,36-39,43H,27-29H2,1H3/t36-,37-,38-,39+,40+/m1/s1. The Bertz CT molecular complexity index is 1590. The molecule has 7 heteroatoms. The van der Waals surface area contributed by atoms with Crippen LogP contribution in [0.1, 0.15) is 27.8 Å². The molecule has 0 aromatic heterocycles. The van der Waals surface area contributed by atoms with Crippen LogP contribution in [0.15, 0.2) is 152 Å². The molecule has 1 aliphatic rings. The second-order valence-electron chi connectivity index (χ2n) is 11.8. The van der Waals surface area contributed by atoms with Crippen LogP contribution in [-0.2, 0) is 47.3 Å². The van der Waals surface area contributed by atoms with E-state index < -0.39 is 35.8 Å². The summed E-state index contributed by atoms with van der Waals surface area (Å²) in [5, 5.41) is 12.3. The zero-order valence-corrected chi connectivity index (χ0v) is 26.8. The molecule has 0 saturated carbocycles. The lowest BCUT2D eigenvalue weighted by Gasteiger charge is -2.49. The molecule has 7 nitrogen and oxygen atoms in total. The Balaban J connectivity index is 1.38. The Kier molecular flexibility index (Phi) is 10.9. The summed E-state index contributed by atoms with van der Waals surface area (Å²) in [6, 6.07) is 48.8. The van der Waals surface area contributed by atoms with Crippen LogP contribution < -0.4 is 0 Å². The fraction of sp³-hybridized carbons (Fsp3) is 0.244. The second kappa shape index (κ2) is 15.6. The number of ether oxygens (including phenoxy) is 5. The van der Waals surface area contributed by atoms with Gasteiger partial charge in [0.15, 0.2) is 18.2 Å². The van der Waals surface area contributed by atoms with Gasteiger partial charge in [-0.15, -0.1) is 0 Å². The summed E-state index contributed by atoms with van der Waals surface area (Å²) in [6.45, 7) is 0.123. The predicted octanol–water partition coefficient (Wildman–Crippen LogP) is 6.47. The zero-order chi connectivity index (χ0) is 33.2. The van der Waals surface area contributed by atoms with Crippen molar-refractivity contribution >= 4 is 6.29 Å². The monoisotopic (exact) mass is 644 g/mol. The van der Waals surface area contributed by atoms with Crippen molar-refractivity contribution in [1.82, 2.24) is 0 Å². The van der Waals surface area contributed by atoms with Gasteiger partial charge in [-0.3, -0.25) is 4.79 Å². The van der Waals surface area contributed by atoms with Crippen molar-refractivity contribution in [3.8, 4) is 0 Å². The van der Waals surface area contributed by atoms with Gasteiger partial charge in [-0.25, -0.2) is 0 Å². The van der Waals surface area contributed by atoms with Crippen molar-refractivity contribution < 1.29 is 33.6 Å². The van der Waals surface area contributed by atoms with Crippen molar-refractivity contribution in [2.45, 2.75) is 49.0 Å². The Morgan fingerprint density at radius 2 is 1.08 bits per heavy atom. The Labute approximate surface area is 281 Å². The number of methoxy groups -OCH3 is 1. The van der Waals surface area contributed by atoms with E-state index in [2.05, 4.69) is 0 Å². The Morgan fingerprint density at radius 3 is 1.50 bits per heavy atom. The highest BCUT2D eigenvalue weighted by Crippen LogP contribution is 2.42. The zero-order valence-electron chi connectivity index (χ0n) is 26.8. The number of rotatable bonds is 14. The average molecular weight is 645 g/mol. The van der Waals surface area contributed by atoms with Crippen LogP contribution in [0.5, 0.6) is 0 Å². The molecule has 1 aliphatic heterocycles. The minimum absolute atomic E-state index is 0.124. The molecule has 246 valence electrons. The molecule has 5 aromatic rings. The largest absolute Gasteiger partial charge is 0.377 e. The molecule has 1 saturated heterocycles. The third kappa shape index (κ3) is 7.03. The molecule has 1 fully saturated rings. The molecule has 6 rings (SSSR count). The van der Waals surface area contributed by atoms with E-state index >= 15 is 0 Å². The van der Waals surface area contributed by atoms with Crippen LogP contribution in [0.4, 0.5) is 0 Å². The molecule has 0 bridgehead atoms. The molecular formula is C41H40O7. The van der Waals surface area contributed by atoms with Gasteiger partial charge in [0.25, 0.3) is 0 Å². The van der Waals surface area contributed by atoms with Gasteiger partial charge >= 0.3 is 0 Å². The van der Waals surface area contributed by atoms with Crippen LogP contribution in [0.3, 0.4) is 0 Å². The summed E-state index contributed by atoms with van der Waals surface area (Å²) < 4.78 is 32.0. The number of hydrogen-bond donors (Lipinski definition) is 1. The summed E-state index contributed by atoms with van der Waals surface area (Å²) in [5.41, 5.74) is 1.12. The first-order valence-electron chi connectivity index (χ1n) is 16.1. The molecule has 1 N–H and O–H groups in total. The van der Waals surface area contributed by atoms with Crippen LogP contribution in [-0.4, -0.2) is 55.3 Å². The van der Waals surface area contributed by atoms with Crippen LogP contribution in [0.2, 0.25) is 0 Å². The third-order valence-electron chi connectivity index (χ3n) is 8.81. The van der Waals surface area contributed by atoms with E-state index in [4.69, 9.17) is 23.7 Å². The average Bonchev–Trinajstić information content (AvgIpc) is 3.16. The molecule has 0 aliphatic carbocycles. The lowest BCUT2D eigenvalue weighted by molar-refractivity contribution is -0.335. The van der Waals surface area contributed by atoms with E-state index in [0.717, 1.165) is 27.8 Å². The fourth-order valence-electron chi connectivity index (χ4n) is 6.33. The lowest BCUT2D eigenvalue weighted by atomic mass is 9.79. The van der Waals surface area contributed by atoms with E-state index in [1.54, 1.807) is 0 Å². The van der Waals surface area contributed by atoms with Crippen molar-refractivity contribution in [3.63, 3.8) is 0 Å². The van der Waals surface area contributed by atoms with Crippen LogP contribution >= 0.6 is 0 Å². The predicted molar refractivity (Wildman–Crippen MR) is 182 cm³/mol. The van der Waals surface area contributed by atoms with Crippen molar-refractivity contribution in [2.75, 3.05) is 13.7 Å². The van der Waals surface area contributed by atoms with E-state index in [9.17, 15) is 9.90 Å². The summed E-state index contributed by atoms with van der Waals surface area (Å²) in [7, 11) is 1.50. The summed E-state index contributed by atoms with van der Waals surface area (Å²) in [4.78, 5) is 13.1. The quantitative estimate of drug-likeness (QED) is 0.110. The molecule has 0 amide bonds. The number of benzene rings is 5. The van der Waals surface area contributed by atoms with Crippen molar-refractivity contribution in [2.24, 2.45) is 0 Å². The van der Waals surface area contributed by atoms with Crippen LogP contribution in [0.25, 0.3) is 0 Å². The molecular weight excluding hydrogens is 604 g/mol. The van der Waals surface area contributed by atoms with Gasteiger partial charge in [0, 0.05) is 7.11 Å². The summed E-state index contributed by atoms with van der Waals surface area (Å²) in [6.07, 6.45) is -3.80. The molecule has 0 spiro atoms. The number of carbonyl (C=O) groups is 1. The molecule has 5 aromatic carbocycles. The highest BCUT2D eigenvalue weighted by Gasteiger charge is 2.58. The maximum atomic E-state index is 13.1. The summed E-state index contributed by atoms with van der Waals surface area (Å²) in [5.74, 6) is 0.